The number of fused-ring (bicyclic) bond motifs is 1. The van der Waals surface area contributed by atoms with E-state index in [0.717, 1.165) is 30.4 Å². The second-order valence-electron chi connectivity index (χ2n) is 6.69. The molecule has 4 nitrogen and oxygen atoms in total. The van der Waals surface area contributed by atoms with Gasteiger partial charge in [-0.3, -0.25) is 0 Å². The summed E-state index contributed by atoms with van der Waals surface area (Å²) in [6.45, 7) is 9.19. The molecule has 0 N–H and O–H groups in total. The van der Waals surface area contributed by atoms with Gasteiger partial charge in [0.15, 0.2) is 0 Å². The Labute approximate surface area is 139 Å². The summed E-state index contributed by atoms with van der Waals surface area (Å²) in [7, 11) is -3.45. The molecule has 0 bridgehead atoms. The maximum absolute atomic E-state index is 12.8. The Bertz CT molecular complexity index is 681. The van der Waals surface area contributed by atoms with Gasteiger partial charge in [-0.2, -0.15) is 4.31 Å². The highest BCUT2D eigenvalue weighted by Gasteiger charge is 2.44. The lowest BCUT2D eigenvalue weighted by Gasteiger charge is -2.33. The van der Waals surface area contributed by atoms with E-state index in [1.165, 1.54) is 0 Å². The number of aryl methyl sites for hydroxylation is 1. The first kappa shape index (κ1) is 16.7. The van der Waals surface area contributed by atoms with E-state index in [0.29, 0.717) is 18.0 Å². The van der Waals surface area contributed by atoms with Crippen LogP contribution in [-0.4, -0.2) is 38.0 Å². The lowest BCUT2D eigenvalue weighted by molar-refractivity contribution is -0.0439. The van der Waals surface area contributed by atoms with Gasteiger partial charge in [-0.25, -0.2) is 8.42 Å². The molecule has 0 aliphatic carbocycles. The van der Waals surface area contributed by atoms with Gasteiger partial charge in [0.1, 0.15) is 0 Å². The van der Waals surface area contributed by atoms with Crippen LogP contribution in [0, 0.1) is 12.8 Å². The zero-order valence-electron chi connectivity index (χ0n) is 13.9. The van der Waals surface area contributed by atoms with E-state index >= 15 is 0 Å². The second-order valence-corrected chi connectivity index (χ2v) is 8.63. The molecular formula is C18H25NO3S. The van der Waals surface area contributed by atoms with Gasteiger partial charge in [0, 0.05) is 19.0 Å². The summed E-state index contributed by atoms with van der Waals surface area (Å²) in [5.74, 6) is 0.128. The monoisotopic (exact) mass is 335 g/mol. The van der Waals surface area contributed by atoms with E-state index in [-0.39, 0.29) is 18.1 Å². The Morgan fingerprint density at radius 1 is 1.26 bits per heavy atom. The van der Waals surface area contributed by atoms with Gasteiger partial charge in [-0.05, 0) is 31.9 Å². The summed E-state index contributed by atoms with van der Waals surface area (Å²) in [6.07, 6.45) is 3.07. The number of benzene rings is 1. The summed E-state index contributed by atoms with van der Waals surface area (Å²) >= 11 is 0. The first-order valence-corrected chi connectivity index (χ1v) is 9.75. The minimum Gasteiger partial charge on any atom is -0.373 e. The third-order valence-electron chi connectivity index (χ3n) is 4.88. The van der Waals surface area contributed by atoms with Crippen molar-refractivity contribution in [3.63, 3.8) is 0 Å². The van der Waals surface area contributed by atoms with Crippen molar-refractivity contribution < 1.29 is 13.2 Å². The van der Waals surface area contributed by atoms with Gasteiger partial charge in [-0.1, -0.05) is 43.2 Å². The van der Waals surface area contributed by atoms with E-state index in [4.69, 9.17) is 4.74 Å². The molecule has 3 rings (SSSR count). The van der Waals surface area contributed by atoms with Gasteiger partial charge in [0.25, 0.3) is 0 Å². The molecule has 2 aliphatic heterocycles. The van der Waals surface area contributed by atoms with Crippen molar-refractivity contribution in [1.82, 2.24) is 4.31 Å². The van der Waals surface area contributed by atoms with Gasteiger partial charge in [0.2, 0.25) is 10.0 Å². The highest BCUT2D eigenvalue weighted by Crippen LogP contribution is 2.37. The maximum Gasteiger partial charge on any atom is 0.243 e. The number of hydrogen-bond donors (Lipinski definition) is 0. The van der Waals surface area contributed by atoms with Gasteiger partial charge in [-0.15, -0.1) is 0 Å². The summed E-state index contributed by atoms with van der Waals surface area (Å²) in [5, 5.41) is 0. The molecule has 0 saturated carbocycles. The van der Waals surface area contributed by atoms with Crippen molar-refractivity contribution >= 4 is 10.0 Å². The summed E-state index contributed by atoms with van der Waals surface area (Å²) < 4.78 is 33.4. The lowest BCUT2D eigenvalue weighted by atomic mass is 9.88. The topological polar surface area (TPSA) is 46.6 Å². The van der Waals surface area contributed by atoms with Crippen LogP contribution in [-0.2, 0) is 14.8 Å². The van der Waals surface area contributed by atoms with Crippen LogP contribution in [0.2, 0.25) is 0 Å². The van der Waals surface area contributed by atoms with Crippen LogP contribution in [0.15, 0.2) is 41.3 Å². The van der Waals surface area contributed by atoms with Crippen molar-refractivity contribution in [1.29, 1.82) is 0 Å². The Morgan fingerprint density at radius 2 is 1.96 bits per heavy atom. The van der Waals surface area contributed by atoms with Gasteiger partial charge >= 0.3 is 0 Å². The normalized spacial score (nSPS) is 28.8. The quantitative estimate of drug-likeness (QED) is 0.794. The third-order valence-corrected chi connectivity index (χ3v) is 6.73. The Balaban J connectivity index is 1.78. The molecule has 5 heteroatoms. The fourth-order valence-corrected chi connectivity index (χ4v) is 5.03. The van der Waals surface area contributed by atoms with Crippen LogP contribution in [0.3, 0.4) is 0 Å². The molecule has 0 radical (unpaired) electrons. The number of ether oxygens (including phenoxy) is 1. The number of nitrogens with zero attached hydrogens (tertiary/aromatic N) is 1. The highest BCUT2D eigenvalue weighted by atomic mass is 32.2. The SMILES string of the molecule is C=C1CC(CCC)OC2CN(S(=O)(=O)c3ccc(C)cc3)CC12. The zero-order valence-corrected chi connectivity index (χ0v) is 14.7. The molecule has 23 heavy (non-hydrogen) atoms. The number of hydrogen-bond acceptors (Lipinski definition) is 3. The Kier molecular flexibility index (Phi) is 4.63. The first-order chi connectivity index (χ1) is 10.9. The second kappa shape index (κ2) is 6.38. The molecule has 2 fully saturated rings. The van der Waals surface area contributed by atoms with E-state index < -0.39 is 10.0 Å². The fraction of sp³-hybridized carbons (Fsp3) is 0.556. The molecular weight excluding hydrogens is 310 g/mol. The summed E-state index contributed by atoms with van der Waals surface area (Å²) in [5.41, 5.74) is 2.19. The molecule has 126 valence electrons. The molecule has 3 unspecified atom stereocenters. The molecule has 3 atom stereocenters. The van der Waals surface area contributed by atoms with E-state index in [1.807, 2.05) is 19.1 Å². The zero-order chi connectivity index (χ0) is 16.6. The minimum absolute atomic E-state index is 0.0481. The van der Waals surface area contributed by atoms with E-state index in [2.05, 4.69) is 13.5 Å². The van der Waals surface area contributed by atoms with Gasteiger partial charge in [0.05, 0.1) is 17.1 Å². The average molecular weight is 335 g/mol. The van der Waals surface area contributed by atoms with Crippen molar-refractivity contribution in [3.8, 4) is 0 Å². The molecule has 2 heterocycles. The van der Waals surface area contributed by atoms with Crippen LogP contribution in [0.1, 0.15) is 31.7 Å². The molecule has 0 spiro atoms. The third kappa shape index (κ3) is 3.23. The molecule has 0 amide bonds. The predicted octanol–water partition coefficient (Wildman–Crippen LogP) is 3.13. The minimum atomic E-state index is -3.45. The molecule has 1 aromatic carbocycles. The number of rotatable bonds is 4. The van der Waals surface area contributed by atoms with Crippen molar-refractivity contribution in [2.24, 2.45) is 5.92 Å². The maximum atomic E-state index is 12.8. The first-order valence-electron chi connectivity index (χ1n) is 8.31. The van der Waals surface area contributed by atoms with E-state index in [1.54, 1.807) is 16.4 Å². The molecule has 1 aromatic rings. The predicted molar refractivity (Wildman–Crippen MR) is 90.8 cm³/mol. The van der Waals surface area contributed by atoms with Crippen LogP contribution in [0.4, 0.5) is 0 Å². The summed E-state index contributed by atoms with van der Waals surface area (Å²) in [4.78, 5) is 0.359. The summed E-state index contributed by atoms with van der Waals surface area (Å²) in [6, 6.07) is 7.04. The molecule has 0 aromatic heterocycles. The van der Waals surface area contributed by atoms with Crippen molar-refractivity contribution in [2.45, 2.75) is 50.2 Å². The fourth-order valence-electron chi connectivity index (χ4n) is 3.56. The lowest BCUT2D eigenvalue weighted by Crippen LogP contribution is -2.35. The Morgan fingerprint density at radius 3 is 2.61 bits per heavy atom. The molecule has 2 saturated heterocycles. The highest BCUT2D eigenvalue weighted by molar-refractivity contribution is 7.89. The van der Waals surface area contributed by atoms with Crippen molar-refractivity contribution in [3.05, 3.63) is 42.0 Å². The number of sulfonamides is 1. The average Bonchev–Trinajstić information content (AvgIpc) is 2.93. The Hall–Kier alpha value is -1.17. The van der Waals surface area contributed by atoms with E-state index in [9.17, 15) is 8.42 Å². The van der Waals surface area contributed by atoms with Crippen LogP contribution >= 0.6 is 0 Å². The van der Waals surface area contributed by atoms with Crippen LogP contribution < -0.4 is 0 Å². The standard InChI is InChI=1S/C18H25NO3S/c1-4-5-15-10-14(3)17-11-19(12-18(17)22-15)23(20,21)16-8-6-13(2)7-9-16/h6-9,15,17-18H,3-5,10-12H2,1-2H3. The van der Waals surface area contributed by atoms with Gasteiger partial charge < -0.3 is 4.74 Å². The van der Waals surface area contributed by atoms with Crippen LogP contribution in [0.25, 0.3) is 0 Å². The largest absolute Gasteiger partial charge is 0.373 e. The van der Waals surface area contributed by atoms with Crippen molar-refractivity contribution in [2.75, 3.05) is 13.1 Å². The van der Waals surface area contributed by atoms with Crippen LogP contribution in [0.5, 0.6) is 0 Å². The smallest absolute Gasteiger partial charge is 0.243 e. The molecule has 2 aliphatic rings.